The van der Waals surface area contributed by atoms with Crippen LogP contribution in [-0.2, 0) is 9.53 Å². The van der Waals surface area contributed by atoms with Crippen molar-refractivity contribution in [2.45, 2.75) is 31.0 Å². The Balaban J connectivity index is 1.56. The van der Waals surface area contributed by atoms with Gasteiger partial charge in [0.15, 0.2) is 10.3 Å². The third-order valence-corrected chi connectivity index (χ3v) is 6.78. The SMILES string of the molecule is CCOC(=O)N1CCC(n2c(SCC(=O)Nc3nccs3)nc3ccccc3c2=O)CC1. The van der Waals surface area contributed by atoms with E-state index < -0.39 is 0 Å². The predicted molar refractivity (Wildman–Crippen MR) is 124 cm³/mol. The molecule has 0 saturated carbocycles. The molecule has 0 radical (unpaired) electrons. The van der Waals surface area contributed by atoms with Crippen LogP contribution < -0.4 is 10.9 Å². The zero-order chi connectivity index (χ0) is 22.5. The first-order valence-electron chi connectivity index (χ1n) is 10.3. The Kier molecular flexibility index (Phi) is 7.05. The van der Waals surface area contributed by atoms with Crippen molar-refractivity contribution < 1.29 is 14.3 Å². The first-order chi connectivity index (χ1) is 15.6. The molecule has 168 valence electrons. The van der Waals surface area contributed by atoms with Gasteiger partial charge in [0.05, 0.1) is 23.3 Å². The summed E-state index contributed by atoms with van der Waals surface area (Å²) in [5.41, 5.74) is 0.466. The number of nitrogens with zero attached hydrogens (tertiary/aromatic N) is 4. The van der Waals surface area contributed by atoms with Gasteiger partial charge in [0.2, 0.25) is 5.91 Å². The number of amides is 2. The van der Waals surface area contributed by atoms with Gasteiger partial charge in [-0.1, -0.05) is 23.9 Å². The van der Waals surface area contributed by atoms with Gasteiger partial charge in [-0.15, -0.1) is 11.3 Å². The minimum atomic E-state index is -0.330. The van der Waals surface area contributed by atoms with Crippen LogP contribution in [0, 0.1) is 0 Å². The number of carbonyl (C=O) groups is 2. The highest BCUT2D eigenvalue weighted by Gasteiger charge is 2.28. The van der Waals surface area contributed by atoms with Crippen LogP contribution in [0.2, 0.25) is 0 Å². The number of hydrogen-bond acceptors (Lipinski definition) is 8. The van der Waals surface area contributed by atoms with Crippen LogP contribution in [0.25, 0.3) is 10.9 Å². The minimum Gasteiger partial charge on any atom is -0.450 e. The van der Waals surface area contributed by atoms with Gasteiger partial charge in [-0.3, -0.25) is 14.2 Å². The summed E-state index contributed by atoms with van der Waals surface area (Å²) in [5.74, 6) is -0.109. The highest BCUT2D eigenvalue weighted by molar-refractivity contribution is 7.99. The standard InChI is InChI=1S/C21H23N5O4S2/c1-2-30-21(29)25-10-7-14(8-11-25)26-18(28)15-5-3-4-6-16(15)23-20(26)32-13-17(27)24-19-22-9-12-31-19/h3-6,9,12,14H,2,7-8,10-11,13H2,1H3,(H,22,24,27). The summed E-state index contributed by atoms with van der Waals surface area (Å²) < 4.78 is 6.78. The molecule has 2 aromatic heterocycles. The average Bonchev–Trinajstić information content (AvgIpc) is 3.31. The van der Waals surface area contributed by atoms with Crippen molar-refractivity contribution in [3.8, 4) is 0 Å². The molecule has 2 amide bonds. The molecule has 1 aromatic carbocycles. The van der Waals surface area contributed by atoms with Crippen molar-refractivity contribution in [2.75, 3.05) is 30.8 Å². The number of nitrogens with one attached hydrogen (secondary N) is 1. The van der Waals surface area contributed by atoms with Crippen LogP contribution in [0.3, 0.4) is 0 Å². The Morgan fingerprint density at radius 2 is 2.06 bits per heavy atom. The normalized spacial score (nSPS) is 14.5. The topological polar surface area (TPSA) is 106 Å². The van der Waals surface area contributed by atoms with Gasteiger partial charge < -0.3 is 15.0 Å². The van der Waals surface area contributed by atoms with Gasteiger partial charge in [0, 0.05) is 30.7 Å². The lowest BCUT2D eigenvalue weighted by Gasteiger charge is -2.33. The van der Waals surface area contributed by atoms with Crippen LogP contribution in [0.5, 0.6) is 0 Å². The second kappa shape index (κ2) is 10.1. The van der Waals surface area contributed by atoms with Crippen molar-refractivity contribution in [3.63, 3.8) is 0 Å². The van der Waals surface area contributed by atoms with E-state index >= 15 is 0 Å². The number of benzene rings is 1. The van der Waals surface area contributed by atoms with Crippen molar-refractivity contribution in [1.29, 1.82) is 0 Å². The molecule has 4 rings (SSSR count). The summed E-state index contributed by atoms with van der Waals surface area (Å²) in [7, 11) is 0. The van der Waals surface area contributed by atoms with Crippen molar-refractivity contribution >= 4 is 51.1 Å². The summed E-state index contributed by atoms with van der Waals surface area (Å²) in [4.78, 5) is 48.2. The summed E-state index contributed by atoms with van der Waals surface area (Å²) in [5, 5.41) is 6.10. The second-order valence-electron chi connectivity index (χ2n) is 7.18. The molecule has 1 saturated heterocycles. The summed E-state index contributed by atoms with van der Waals surface area (Å²) in [6.45, 7) is 3.10. The lowest BCUT2D eigenvalue weighted by molar-refractivity contribution is -0.113. The number of thioether (sulfide) groups is 1. The van der Waals surface area contributed by atoms with Gasteiger partial charge in [0.1, 0.15) is 0 Å². The molecule has 0 bridgehead atoms. The quantitative estimate of drug-likeness (QED) is 0.432. The highest BCUT2D eigenvalue weighted by atomic mass is 32.2. The van der Waals surface area contributed by atoms with Crippen LogP contribution in [-0.4, -0.2) is 56.9 Å². The third-order valence-electron chi connectivity index (χ3n) is 5.14. The van der Waals surface area contributed by atoms with Gasteiger partial charge in [-0.05, 0) is 31.9 Å². The Morgan fingerprint density at radius 1 is 1.28 bits per heavy atom. The van der Waals surface area contributed by atoms with Crippen molar-refractivity contribution in [2.24, 2.45) is 0 Å². The number of thiazole rings is 1. The van der Waals surface area contributed by atoms with E-state index in [1.165, 1.54) is 23.1 Å². The van der Waals surface area contributed by atoms with Crippen LogP contribution >= 0.6 is 23.1 Å². The van der Waals surface area contributed by atoms with E-state index in [0.717, 1.165) is 0 Å². The largest absolute Gasteiger partial charge is 0.450 e. The maximum absolute atomic E-state index is 13.4. The van der Waals surface area contributed by atoms with Gasteiger partial charge in [0.25, 0.3) is 5.56 Å². The molecule has 1 fully saturated rings. The zero-order valence-corrected chi connectivity index (χ0v) is 19.2. The van der Waals surface area contributed by atoms with Gasteiger partial charge >= 0.3 is 6.09 Å². The fraction of sp³-hybridized carbons (Fsp3) is 0.381. The van der Waals surface area contributed by atoms with E-state index in [9.17, 15) is 14.4 Å². The Bertz CT molecular complexity index is 1160. The van der Waals surface area contributed by atoms with Crippen molar-refractivity contribution in [1.82, 2.24) is 19.4 Å². The molecular weight excluding hydrogens is 450 g/mol. The third kappa shape index (κ3) is 4.94. The van der Waals surface area contributed by atoms with Crippen LogP contribution in [0.4, 0.5) is 9.93 Å². The van der Waals surface area contributed by atoms with E-state index in [4.69, 9.17) is 9.72 Å². The smallest absolute Gasteiger partial charge is 0.409 e. The molecular formula is C21H23N5O4S2. The molecule has 3 heterocycles. The van der Waals surface area contributed by atoms with E-state index in [0.29, 0.717) is 53.7 Å². The molecule has 0 aliphatic carbocycles. The van der Waals surface area contributed by atoms with E-state index in [1.54, 1.807) is 40.1 Å². The second-order valence-corrected chi connectivity index (χ2v) is 9.01. The van der Waals surface area contributed by atoms with Gasteiger partial charge in [-0.2, -0.15) is 0 Å². The van der Waals surface area contributed by atoms with Gasteiger partial charge in [-0.25, -0.2) is 14.8 Å². The predicted octanol–water partition coefficient (Wildman–Crippen LogP) is 3.38. The first-order valence-corrected chi connectivity index (χ1v) is 12.2. The number of aromatic nitrogens is 3. The van der Waals surface area contributed by atoms with E-state index in [2.05, 4.69) is 10.3 Å². The molecule has 11 heteroatoms. The Hall–Kier alpha value is -2.92. The van der Waals surface area contributed by atoms with E-state index in [-0.39, 0.29) is 29.4 Å². The molecule has 0 unspecified atom stereocenters. The fourth-order valence-corrected chi connectivity index (χ4v) is 5.05. The average molecular weight is 474 g/mol. The Morgan fingerprint density at radius 3 is 2.78 bits per heavy atom. The summed E-state index contributed by atoms with van der Waals surface area (Å²) in [6.07, 6.45) is 2.51. The molecule has 0 atom stereocenters. The summed E-state index contributed by atoms with van der Waals surface area (Å²) >= 11 is 2.57. The fourth-order valence-electron chi connectivity index (χ4n) is 3.64. The lowest BCUT2D eigenvalue weighted by atomic mass is 10.0. The zero-order valence-electron chi connectivity index (χ0n) is 17.5. The monoisotopic (exact) mass is 473 g/mol. The number of anilines is 1. The number of piperidine rings is 1. The maximum atomic E-state index is 13.4. The number of carbonyl (C=O) groups excluding carboxylic acids is 2. The Labute approximate surface area is 192 Å². The van der Waals surface area contributed by atoms with E-state index in [1.807, 2.05) is 12.1 Å². The van der Waals surface area contributed by atoms with Crippen molar-refractivity contribution in [3.05, 3.63) is 46.2 Å². The molecule has 1 aliphatic heterocycles. The molecule has 9 nitrogen and oxygen atoms in total. The number of hydrogen-bond donors (Lipinski definition) is 1. The number of ether oxygens (including phenoxy) is 1. The number of fused-ring (bicyclic) bond motifs is 1. The lowest BCUT2D eigenvalue weighted by Crippen LogP contribution is -2.41. The number of rotatable bonds is 6. The molecule has 32 heavy (non-hydrogen) atoms. The maximum Gasteiger partial charge on any atom is 0.409 e. The minimum absolute atomic E-state index is 0.103. The molecule has 1 N–H and O–H groups in total. The summed E-state index contributed by atoms with van der Waals surface area (Å²) in [6, 6.07) is 7.09. The molecule has 0 spiro atoms. The first kappa shape index (κ1) is 22.3. The van der Waals surface area contributed by atoms with Crippen LogP contribution in [0.1, 0.15) is 25.8 Å². The number of para-hydroxylation sites is 1. The molecule has 1 aliphatic rings. The van der Waals surface area contributed by atoms with Crippen LogP contribution in [0.15, 0.2) is 45.8 Å². The highest BCUT2D eigenvalue weighted by Crippen LogP contribution is 2.28. The molecule has 3 aromatic rings. The number of likely N-dealkylation sites (tertiary alicyclic amines) is 1.